The van der Waals surface area contributed by atoms with E-state index >= 15 is 0 Å². The Balaban J connectivity index is 1.59. The number of nitrogens with zero attached hydrogens (tertiary/aromatic N) is 1. The fraction of sp³-hybridized carbons (Fsp3) is 0.211. The van der Waals surface area contributed by atoms with Crippen LogP contribution in [0.1, 0.15) is 10.6 Å². The minimum atomic E-state index is 0.714. The van der Waals surface area contributed by atoms with E-state index < -0.39 is 0 Å². The molecule has 0 bridgehead atoms. The quantitative estimate of drug-likeness (QED) is 0.774. The molecule has 0 amide bonds. The molecule has 3 aromatic rings. The molecule has 0 saturated carbocycles. The third-order valence-electron chi connectivity index (χ3n) is 4.04. The maximum atomic E-state index is 5.63. The molecule has 1 aliphatic rings. The highest BCUT2D eigenvalue weighted by Crippen LogP contribution is 2.33. The average molecular weight is 338 g/mol. The molecule has 2 aromatic carbocycles. The summed E-state index contributed by atoms with van der Waals surface area (Å²) in [4.78, 5) is 4.79. The summed E-state index contributed by atoms with van der Waals surface area (Å²) in [5.41, 5.74) is 4.30. The summed E-state index contributed by atoms with van der Waals surface area (Å²) in [5, 5.41) is 6.56. The Hall–Kier alpha value is -2.53. The van der Waals surface area contributed by atoms with Gasteiger partial charge in [0.2, 0.25) is 0 Å². The monoisotopic (exact) mass is 338 g/mol. The van der Waals surface area contributed by atoms with Crippen LogP contribution in [0.25, 0.3) is 11.3 Å². The number of rotatable bonds is 4. The van der Waals surface area contributed by atoms with E-state index in [9.17, 15) is 0 Å². The van der Waals surface area contributed by atoms with Crippen molar-refractivity contribution in [3.05, 3.63) is 58.4 Å². The first-order valence-corrected chi connectivity index (χ1v) is 8.79. The van der Waals surface area contributed by atoms with Gasteiger partial charge >= 0.3 is 0 Å². The summed E-state index contributed by atoms with van der Waals surface area (Å²) in [7, 11) is 1.70. The van der Waals surface area contributed by atoms with Crippen molar-refractivity contribution in [1.29, 1.82) is 0 Å². The molecule has 4 nitrogen and oxygen atoms in total. The van der Waals surface area contributed by atoms with Crippen molar-refractivity contribution in [3.63, 3.8) is 0 Å². The van der Waals surface area contributed by atoms with Crippen molar-refractivity contribution in [2.45, 2.75) is 6.42 Å². The second-order valence-electron chi connectivity index (χ2n) is 5.60. The molecule has 1 aliphatic heterocycles. The van der Waals surface area contributed by atoms with E-state index in [1.54, 1.807) is 18.4 Å². The normalized spacial score (nSPS) is 12.9. The molecule has 0 aliphatic carbocycles. The number of ether oxygens (including phenoxy) is 2. The number of aromatic nitrogens is 1. The number of para-hydroxylation sites is 1. The molecule has 4 rings (SSSR count). The number of anilines is 1. The van der Waals surface area contributed by atoms with E-state index in [0.29, 0.717) is 6.61 Å². The summed E-state index contributed by atoms with van der Waals surface area (Å²) in [6.45, 7) is 1.55. The maximum absolute atomic E-state index is 5.63. The smallest absolute Gasteiger partial charge is 0.142 e. The topological polar surface area (TPSA) is 43.4 Å². The van der Waals surface area contributed by atoms with E-state index in [1.165, 1.54) is 0 Å². The van der Waals surface area contributed by atoms with Gasteiger partial charge in [-0.05, 0) is 24.3 Å². The molecule has 2 heterocycles. The lowest BCUT2D eigenvalue weighted by Crippen LogP contribution is -2.17. The summed E-state index contributed by atoms with van der Waals surface area (Å²) in [6, 6.07) is 14.3. The van der Waals surface area contributed by atoms with Gasteiger partial charge in [0.25, 0.3) is 0 Å². The molecule has 0 unspecified atom stereocenters. The predicted molar refractivity (Wildman–Crippen MR) is 97.3 cm³/mol. The highest BCUT2D eigenvalue weighted by molar-refractivity contribution is 7.10. The van der Waals surface area contributed by atoms with Crippen LogP contribution in [0, 0.1) is 0 Å². The Labute approximate surface area is 145 Å². The van der Waals surface area contributed by atoms with Gasteiger partial charge in [-0.3, -0.25) is 0 Å². The SMILES string of the molecule is COc1ccccc1Cc1nc(-c2ccc3c(c2)NCCO3)cs1. The van der Waals surface area contributed by atoms with Crippen molar-refractivity contribution >= 4 is 17.0 Å². The van der Waals surface area contributed by atoms with Gasteiger partial charge in [-0.2, -0.15) is 0 Å². The molecule has 5 heteroatoms. The second-order valence-corrected chi connectivity index (χ2v) is 6.54. The minimum absolute atomic E-state index is 0.714. The van der Waals surface area contributed by atoms with Gasteiger partial charge in [-0.1, -0.05) is 18.2 Å². The number of thiazole rings is 1. The molecule has 1 N–H and O–H groups in total. The molecule has 122 valence electrons. The standard InChI is InChI=1S/C19H18N2O2S/c1-22-17-5-3-2-4-14(17)11-19-21-16(12-24-19)13-6-7-18-15(10-13)20-8-9-23-18/h2-7,10,12,20H,8-9,11H2,1H3. The summed E-state index contributed by atoms with van der Waals surface area (Å²) < 4.78 is 11.1. The van der Waals surface area contributed by atoms with Crippen LogP contribution in [0.2, 0.25) is 0 Å². The first kappa shape index (κ1) is 15.0. The van der Waals surface area contributed by atoms with Gasteiger partial charge in [-0.15, -0.1) is 11.3 Å². The van der Waals surface area contributed by atoms with Crippen LogP contribution in [0.5, 0.6) is 11.5 Å². The Kier molecular flexibility index (Phi) is 4.09. The zero-order valence-corrected chi connectivity index (χ0v) is 14.2. The molecule has 0 saturated heterocycles. The first-order chi connectivity index (χ1) is 11.8. The number of nitrogens with one attached hydrogen (secondary N) is 1. The van der Waals surface area contributed by atoms with E-state index in [2.05, 4.69) is 28.9 Å². The second kappa shape index (κ2) is 6.53. The Morgan fingerprint density at radius 2 is 2.17 bits per heavy atom. The van der Waals surface area contributed by atoms with Crippen molar-refractivity contribution in [3.8, 4) is 22.8 Å². The van der Waals surface area contributed by atoms with Crippen LogP contribution in [0.3, 0.4) is 0 Å². The lowest BCUT2D eigenvalue weighted by molar-refractivity contribution is 0.323. The van der Waals surface area contributed by atoms with Crippen LogP contribution >= 0.6 is 11.3 Å². The lowest BCUT2D eigenvalue weighted by atomic mass is 10.1. The molecule has 0 fully saturated rings. The zero-order valence-electron chi connectivity index (χ0n) is 13.4. The van der Waals surface area contributed by atoms with E-state index in [4.69, 9.17) is 14.5 Å². The molecule has 0 spiro atoms. The number of hydrogen-bond donors (Lipinski definition) is 1. The Morgan fingerprint density at radius 3 is 3.08 bits per heavy atom. The van der Waals surface area contributed by atoms with E-state index in [1.807, 2.05) is 24.3 Å². The number of benzene rings is 2. The van der Waals surface area contributed by atoms with Gasteiger partial charge in [-0.25, -0.2) is 4.98 Å². The van der Waals surface area contributed by atoms with Crippen molar-refractivity contribution in [1.82, 2.24) is 4.98 Å². The molecular weight excluding hydrogens is 320 g/mol. The van der Waals surface area contributed by atoms with Crippen LogP contribution in [-0.2, 0) is 6.42 Å². The minimum Gasteiger partial charge on any atom is -0.496 e. The molecule has 0 radical (unpaired) electrons. The fourth-order valence-electron chi connectivity index (χ4n) is 2.84. The van der Waals surface area contributed by atoms with Gasteiger partial charge in [0.1, 0.15) is 18.1 Å². The average Bonchev–Trinajstić information content (AvgIpc) is 3.10. The summed E-state index contributed by atoms with van der Waals surface area (Å²) in [6.07, 6.45) is 0.779. The number of methoxy groups -OCH3 is 1. The number of hydrogen-bond acceptors (Lipinski definition) is 5. The largest absolute Gasteiger partial charge is 0.496 e. The van der Waals surface area contributed by atoms with Crippen LogP contribution in [-0.4, -0.2) is 25.2 Å². The lowest BCUT2D eigenvalue weighted by Gasteiger charge is -2.19. The molecule has 1 aromatic heterocycles. The summed E-state index contributed by atoms with van der Waals surface area (Å²) >= 11 is 1.68. The summed E-state index contributed by atoms with van der Waals surface area (Å²) in [5.74, 6) is 1.82. The Bertz CT molecular complexity index is 860. The van der Waals surface area contributed by atoms with E-state index in [-0.39, 0.29) is 0 Å². The fourth-order valence-corrected chi connectivity index (χ4v) is 3.66. The van der Waals surface area contributed by atoms with Crippen molar-refractivity contribution in [2.75, 3.05) is 25.6 Å². The third kappa shape index (κ3) is 2.95. The molecular formula is C19H18N2O2S. The third-order valence-corrected chi connectivity index (χ3v) is 4.89. The zero-order chi connectivity index (χ0) is 16.4. The van der Waals surface area contributed by atoms with Crippen LogP contribution in [0.15, 0.2) is 47.8 Å². The maximum Gasteiger partial charge on any atom is 0.142 e. The highest BCUT2D eigenvalue weighted by Gasteiger charge is 2.13. The van der Waals surface area contributed by atoms with Gasteiger partial charge in [0.05, 0.1) is 23.5 Å². The highest BCUT2D eigenvalue weighted by atomic mass is 32.1. The van der Waals surface area contributed by atoms with Gasteiger partial charge in [0, 0.05) is 29.5 Å². The van der Waals surface area contributed by atoms with Gasteiger partial charge in [0.15, 0.2) is 0 Å². The first-order valence-electron chi connectivity index (χ1n) is 7.91. The van der Waals surface area contributed by atoms with Crippen molar-refractivity contribution < 1.29 is 9.47 Å². The predicted octanol–water partition coefficient (Wildman–Crippen LogP) is 4.21. The number of fused-ring (bicyclic) bond motifs is 1. The Morgan fingerprint density at radius 1 is 1.25 bits per heavy atom. The van der Waals surface area contributed by atoms with Crippen LogP contribution < -0.4 is 14.8 Å². The van der Waals surface area contributed by atoms with Crippen LogP contribution in [0.4, 0.5) is 5.69 Å². The van der Waals surface area contributed by atoms with Crippen molar-refractivity contribution in [2.24, 2.45) is 0 Å². The molecule has 0 atom stereocenters. The molecule has 24 heavy (non-hydrogen) atoms. The van der Waals surface area contributed by atoms with Gasteiger partial charge < -0.3 is 14.8 Å². The van der Waals surface area contributed by atoms with E-state index in [0.717, 1.165) is 52.0 Å².